The van der Waals surface area contributed by atoms with Crippen LogP contribution < -0.4 is 10.1 Å². The van der Waals surface area contributed by atoms with Crippen molar-refractivity contribution in [1.82, 2.24) is 10.3 Å². The van der Waals surface area contributed by atoms with E-state index in [1.54, 1.807) is 18.2 Å². The number of oxime groups is 1. The van der Waals surface area contributed by atoms with Crippen molar-refractivity contribution in [2.24, 2.45) is 5.16 Å². The van der Waals surface area contributed by atoms with Gasteiger partial charge in [0.25, 0.3) is 5.91 Å². The summed E-state index contributed by atoms with van der Waals surface area (Å²) in [5.74, 6) is -1.85. The van der Waals surface area contributed by atoms with E-state index in [1.165, 1.54) is 30.5 Å². The van der Waals surface area contributed by atoms with Gasteiger partial charge in [0, 0.05) is 31.3 Å². The average Bonchev–Trinajstić information content (AvgIpc) is 3.23. The summed E-state index contributed by atoms with van der Waals surface area (Å²) in [6.07, 6.45) is 0.459. The van der Waals surface area contributed by atoms with Crippen molar-refractivity contribution in [1.29, 1.82) is 0 Å². The molecule has 9 heteroatoms. The van der Waals surface area contributed by atoms with E-state index in [0.717, 1.165) is 12.1 Å². The van der Waals surface area contributed by atoms with Gasteiger partial charge in [-0.3, -0.25) is 4.79 Å². The van der Waals surface area contributed by atoms with Gasteiger partial charge >= 0.3 is 0 Å². The summed E-state index contributed by atoms with van der Waals surface area (Å²) in [6, 6.07) is 12.4. The first-order valence-electron chi connectivity index (χ1n) is 9.33. The second kappa shape index (κ2) is 8.86. The largest absolute Gasteiger partial charge is 0.439 e. The third kappa shape index (κ3) is 4.82. The zero-order chi connectivity index (χ0) is 21.8. The van der Waals surface area contributed by atoms with Crippen LogP contribution in [0.4, 0.5) is 13.2 Å². The van der Waals surface area contributed by atoms with E-state index in [4.69, 9.17) is 9.57 Å². The number of hydrogen-bond donors (Lipinski definition) is 1. The molecule has 31 heavy (non-hydrogen) atoms. The molecule has 1 atom stereocenters. The van der Waals surface area contributed by atoms with Crippen molar-refractivity contribution in [3.05, 3.63) is 89.4 Å². The van der Waals surface area contributed by atoms with E-state index >= 15 is 0 Å². The van der Waals surface area contributed by atoms with Crippen molar-refractivity contribution in [2.75, 3.05) is 0 Å². The van der Waals surface area contributed by atoms with E-state index in [1.807, 2.05) is 0 Å². The second-order valence-corrected chi connectivity index (χ2v) is 6.71. The summed E-state index contributed by atoms with van der Waals surface area (Å²) >= 11 is 0. The van der Waals surface area contributed by atoms with Crippen molar-refractivity contribution < 1.29 is 27.5 Å². The van der Waals surface area contributed by atoms with Crippen molar-refractivity contribution in [3.8, 4) is 11.6 Å². The predicted octanol–water partition coefficient (Wildman–Crippen LogP) is 4.10. The quantitative estimate of drug-likeness (QED) is 0.643. The van der Waals surface area contributed by atoms with Gasteiger partial charge in [-0.15, -0.1) is 0 Å². The van der Waals surface area contributed by atoms with Crippen molar-refractivity contribution >= 4 is 11.6 Å². The number of rotatable bonds is 6. The Kier molecular flexibility index (Phi) is 5.83. The van der Waals surface area contributed by atoms with Gasteiger partial charge in [-0.1, -0.05) is 23.4 Å². The first kappa shape index (κ1) is 20.4. The van der Waals surface area contributed by atoms with Crippen LogP contribution in [0.3, 0.4) is 0 Å². The number of amides is 1. The van der Waals surface area contributed by atoms with Crippen LogP contribution in [0.1, 0.15) is 17.5 Å². The van der Waals surface area contributed by atoms with E-state index in [9.17, 15) is 18.0 Å². The standard InChI is InChI=1S/C22H16F3N3O3/c23-14-3-1-4-15(9-14)30-20-8-7-13(11-26-20)12-27-22(29)19-10-18(28-31-19)21-16(24)5-2-6-17(21)25/h1-9,11,19H,10,12H2,(H,27,29). The molecule has 0 radical (unpaired) electrons. The number of aromatic nitrogens is 1. The Balaban J connectivity index is 1.30. The number of nitrogens with one attached hydrogen (secondary N) is 1. The van der Waals surface area contributed by atoms with Crippen LogP contribution in [0.5, 0.6) is 11.6 Å². The lowest BCUT2D eigenvalue weighted by Crippen LogP contribution is -2.34. The number of halogens is 3. The number of carbonyl (C=O) groups is 1. The SMILES string of the molecule is O=C(NCc1ccc(Oc2cccc(F)c2)nc1)C1CC(c2c(F)cccc2F)=NO1. The molecule has 158 valence electrons. The fourth-order valence-corrected chi connectivity index (χ4v) is 2.97. The van der Waals surface area contributed by atoms with Gasteiger partial charge in [0.15, 0.2) is 0 Å². The molecule has 1 aliphatic heterocycles. The van der Waals surface area contributed by atoms with Gasteiger partial charge in [0.05, 0.1) is 11.3 Å². The summed E-state index contributed by atoms with van der Waals surface area (Å²) in [5.41, 5.74) is 0.423. The molecule has 0 bridgehead atoms. The zero-order valence-corrected chi connectivity index (χ0v) is 16.0. The van der Waals surface area contributed by atoms with Crippen LogP contribution in [0.2, 0.25) is 0 Å². The first-order valence-corrected chi connectivity index (χ1v) is 9.33. The van der Waals surface area contributed by atoms with Gasteiger partial charge < -0.3 is 14.9 Å². The van der Waals surface area contributed by atoms with Crippen LogP contribution in [0, 0.1) is 17.5 Å². The molecule has 0 saturated heterocycles. The Labute approximate surface area is 175 Å². The topological polar surface area (TPSA) is 72.8 Å². The zero-order valence-electron chi connectivity index (χ0n) is 16.0. The Morgan fingerprint density at radius 2 is 1.87 bits per heavy atom. The van der Waals surface area contributed by atoms with Gasteiger partial charge in [-0.05, 0) is 29.8 Å². The number of hydrogen-bond acceptors (Lipinski definition) is 5. The fraction of sp³-hybridized carbons (Fsp3) is 0.136. The molecular formula is C22H16F3N3O3. The summed E-state index contributed by atoms with van der Waals surface area (Å²) in [5, 5.41) is 6.33. The lowest BCUT2D eigenvalue weighted by Gasteiger charge is -2.10. The first-order chi connectivity index (χ1) is 15.0. The summed E-state index contributed by atoms with van der Waals surface area (Å²) < 4.78 is 46.4. The van der Waals surface area contributed by atoms with Crippen LogP contribution in [0.25, 0.3) is 0 Å². The highest BCUT2D eigenvalue weighted by atomic mass is 19.1. The van der Waals surface area contributed by atoms with Crippen molar-refractivity contribution in [3.63, 3.8) is 0 Å². The molecule has 3 aromatic rings. The molecular weight excluding hydrogens is 411 g/mol. The molecule has 0 saturated carbocycles. The Bertz CT molecular complexity index is 1120. The van der Waals surface area contributed by atoms with E-state index in [2.05, 4.69) is 15.5 Å². The third-order valence-electron chi connectivity index (χ3n) is 4.50. The lowest BCUT2D eigenvalue weighted by atomic mass is 10.0. The molecule has 2 heterocycles. The molecule has 2 aromatic carbocycles. The molecule has 1 amide bonds. The lowest BCUT2D eigenvalue weighted by molar-refractivity contribution is -0.131. The minimum Gasteiger partial charge on any atom is -0.439 e. The number of ether oxygens (including phenoxy) is 1. The highest BCUT2D eigenvalue weighted by Gasteiger charge is 2.31. The number of pyridine rings is 1. The highest BCUT2D eigenvalue weighted by Crippen LogP contribution is 2.22. The van der Waals surface area contributed by atoms with E-state index < -0.39 is 29.5 Å². The van der Waals surface area contributed by atoms with Gasteiger partial charge in [0.2, 0.25) is 12.0 Å². The maximum absolute atomic E-state index is 13.9. The number of nitrogens with zero attached hydrogens (tertiary/aromatic N) is 2. The molecule has 6 nitrogen and oxygen atoms in total. The van der Waals surface area contributed by atoms with Crippen LogP contribution in [-0.2, 0) is 16.2 Å². The van der Waals surface area contributed by atoms with Gasteiger partial charge in [-0.25, -0.2) is 18.2 Å². The van der Waals surface area contributed by atoms with Crippen molar-refractivity contribution in [2.45, 2.75) is 19.1 Å². The van der Waals surface area contributed by atoms with E-state index in [-0.39, 0.29) is 30.1 Å². The normalized spacial score (nSPS) is 15.2. The van der Waals surface area contributed by atoms with Crippen LogP contribution in [-0.4, -0.2) is 22.7 Å². The third-order valence-corrected chi connectivity index (χ3v) is 4.50. The van der Waals surface area contributed by atoms with E-state index in [0.29, 0.717) is 11.3 Å². The van der Waals surface area contributed by atoms with Crippen LogP contribution in [0.15, 0.2) is 65.9 Å². The summed E-state index contributed by atoms with van der Waals surface area (Å²) in [6.45, 7) is 0.148. The number of carbonyl (C=O) groups excluding carboxylic acids is 1. The maximum atomic E-state index is 13.9. The Morgan fingerprint density at radius 1 is 1.10 bits per heavy atom. The minimum absolute atomic E-state index is 0.0382. The van der Waals surface area contributed by atoms with Crippen LogP contribution >= 0.6 is 0 Å². The molecule has 1 unspecified atom stereocenters. The smallest absolute Gasteiger partial charge is 0.264 e. The summed E-state index contributed by atoms with van der Waals surface area (Å²) in [7, 11) is 0. The highest BCUT2D eigenvalue weighted by molar-refractivity contribution is 6.04. The predicted molar refractivity (Wildman–Crippen MR) is 105 cm³/mol. The molecule has 1 aliphatic rings. The summed E-state index contributed by atoms with van der Waals surface area (Å²) in [4.78, 5) is 21.5. The maximum Gasteiger partial charge on any atom is 0.264 e. The Morgan fingerprint density at radius 3 is 2.58 bits per heavy atom. The average molecular weight is 427 g/mol. The van der Waals surface area contributed by atoms with Gasteiger partial charge in [0.1, 0.15) is 23.2 Å². The number of benzene rings is 2. The molecule has 0 fully saturated rings. The molecule has 1 aromatic heterocycles. The monoisotopic (exact) mass is 427 g/mol. The molecule has 4 rings (SSSR count). The second-order valence-electron chi connectivity index (χ2n) is 6.71. The molecule has 1 N–H and O–H groups in total. The Hall–Kier alpha value is -3.88. The minimum atomic E-state index is -0.988. The molecule has 0 spiro atoms. The fourth-order valence-electron chi connectivity index (χ4n) is 2.97. The van der Waals surface area contributed by atoms with Gasteiger partial charge in [-0.2, -0.15) is 0 Å². The molecule has 0 aliphatic carbocycles.